The Morgan fingerprint density at radius 2 is 2.05 bits per heavy atom. The molecule has 2 aliphatic rings. The number of nitrogens with one attached hydrogen (secondary N) is 1. The van der Waals surface area contributed by atoms with Crippen LogP contribution in [0.1, 0.15) is 66.7 Å². The average molecular weight is 266 g/mol. The van der Waals surface area contributed by atoms with E-state index in [1.165, 1.54) is 45.2 Å². The van der Waals surface area contributed by atoms with Gasteiger partial charge < -0.3 is 5.32 Å². The van der Waals surface area contributed by atoms with Gasteiger partial charge in [0.25, 0.3) is 0 Å². The van der Waals surface area contributed by atoms with E-state index in [9.17, 15) is 0 Å². The molecule has 0 aromatic carbocycles. The molecule has 1 saturated carbocycles. The van der Waals surface area contributed by atoms with Crippen molar-refractivity contribution in [3.8, 4) is 0 Å². The zero-order valence-electron chi connectivity index (χ0n) is 13.7. The smallest absolute Gasteiger partial charge is 0.0221 e. The van der Waals surface area contributed by atoms with Gasteiger partial charge in [-0.15, -0.1) is 0 Å². The zero-order valence-corrected chi connectivity index (χ0v) is 13.7. The molecule has 19 heavy (non-hydrogen) atoms. The fourth-order valence-corrected chi connectivity index (χ4v) is 4.02. The van der Waals surface area contributed by atoms with Crippen LogP contribution in [-0.2, 0) is 0 Å². The van der Waals surface area contributed by atoms with E-state index < -0.39 is 0 Å². The quantitative estimate of drug-likeness (QED) is 0.835. The SMILES string of the molecule is CCC(C)C1CN(C2CCC(C)(C)C2)C(CC)CN1. The van der Waals surface area contributed by atoms with E-state index in [0.717, 1.165) is 18.0 Å². The molecule has 1 saturated heterocycles. The summed E-state index contributed by atoms with van der Waals surface area (Å²) in [7, 11) is 0. The first-order chi connectivity index (χ1) is 8.96. The minimum Gasteiger partial charge on any atom is -0.311 e. The van der Waals surface area contributed by atoms with Crippen molar-refractivity contribution in [1.82, 2.24) is 10.2 Å². The van der Waals surface area contributed by atoms with Crippen LogP contribution < -0.4 is 5.32 Å². The Kier molecular flexibility index (Phi) is 4.94. The maximum absolute atomic E-state index is 3.80. The summed E-state index contributed by atoms with van der Waals surface area (Å²) in [6.07, 6.45) is 6.80. The summed E-state index contributed by atoms with van der Waals surface area (Å²) in [5.74, 6) is 0.801. The van der Waals surface area contributed by atoms with Crippen molar-refractivity contribution >= 4 is 0 Å². The molecular weight excluding hydrogens is 232 g/mol. The van der Waals surface area contributed by atoms with Crippen LogP contribution in [0, 0.1) is 11.3 Å². The molecule has 1 aliphatic carbocycles. The van der Waals surface area contributed by atoms with Crippen LogP contribution in [0.3, 0.4) is 0 Å². The van der Waals surface area contributed by atoms with E-state index in [0.29, 0.717) is 11.5 Å². The van der Waals surface area contributed by atoms with E-state index in [1.807, 2.05) is 0 Å². The lowest BCUT2D eigenvalue weighted by Gasteiger charge is -2.45. The van der Waals surface area contributed by atoms with Gasteiger partial charge >= 0.3 is 0 Å². The largest absolute Gasteiger partial charge is 0.311 e. The van der Waals surface area contributed by atoms with Gasteiger partial charge in [0.2, 0.25) is 0 Å². The summed E-state index contributed by atoms with van der Waals surface area (Å²) in [4.78, 5) is 2.86. The van der Waals surface area contributed by atoms with Crippen molar-refractivity contribution in [2.75, 3.05) is 13.1 Å². The molecule has 0 radical (unpaired) electrons. The van der Waals surface area contributed by atoms with Crippen LogP contribution in [0.4, 0.5) is 0 Å². The van der Waals surface area contributed by atoms with E-state index in [1.54, 1.807) is 0 Å². The van der Waals surface area contributed by atoms with Crippen molar-refractivity contribution in [1.29, 1.82) is 0 Å². The summed E-state index contributed by atoms with van der Waals surface area (Å²) < 4.78 is 0. The molecule has 2 fully saturated rings. The van der Waals surface area contributed by atoms with Gasteiger partial charge in [-0.05, 0) is 37.0 Å². The topological polar surface area (TPSA) is 15.3 Å². The lowest BCUT2D eigenvalue weighted by Crippen LogP contribution is -2.60. The summed E-state index contributed by atoms with van der Waals surface area (Å²) in [5, 5.41) is 3.80. The molecule has 1 aliphatic heterocycles. The van der Waals surface area contributed by atoms with Crippen molar-refractivity contribution in [2.45, 2.75) is 84.8 Å². The highest BCUT2D eigenvalue weighted by atomic mass is 15.3. The second-order valence-electron chi connectivity index (χ2n) is 7.72. The molecule has 2 heteroatoms. The molecule has 4 atom stereocenters. The fraction of sp³-hybridized carbons (Fsp3) is 1.00. The van der Waals surface area contributed by atoms with Crippen LogP contribution in [0.5, 0.6) is 0 Å². The van der Waals surface area contributed by atoms with E-state index >= 15 is 0 Å². The van der Waals surface area contributed by atoms with Crippen molar-refractivity contribution < 1.29 is 0 Å². The third-order valence-corrected chi connectivity index (χ3v) is 5.71. The number of rotatable bonds is 4. The molecule has 1 N–H and O–H groups in total. The van der Waals surface area contributed by atoms with Crippen LogP contribution in [0.15, 0.2) is 0 Å². The molecule has 0 aromatic heterocycles. The Labute approximate surface area is 120 Å². The van der Waals surface area contributed by atoms with Crippen LogP contribution in [0.25, 0.3) is 0 Å². The highest BCUT2D eigenvalue weighted by molar-refractivity contribution is 4.95. The second-order valence-corrected chi connectivity index (χ2v) is 7.72. The summed E-state index contributed by atoms with van der Waals surface area (Å²) >= 11 is 0. The average Bonchev–Trinajstić information content (AvgIpc) is 2.77. The third-order valence-electron chi connectivity index (χ3n) is 5.71. The molecule has 0 aromatic rings. The third kappa shape index (κ3) is 3.52. The Morgan fingerprint density at radius 3 is 2.58 bits per heavy atom. The summed E-state index contributed by atoms with van der Waals surface area (Å²) in [6, 6.07) is 2.31. The van der Waals surface area contributed by atoms with Gasteiger partial charge in [0.05, 0.1) is 0 Å². The summed E-state index contributed by atoms with van der Waals surface area (Å²) in [5.41, 5.74) is 0.569. The number of nitrogens with zero attached hydrogens (tertiary/aromatic N) is 1. The Balaban J connectivity index is 2.02. The number of hydrogen-bond acceptors (Lipinski definition) is 2. The van der Waals surface area contributed by atoms with Crippen LogP contribution in [0.2, 0.25) is 0 Å². The van der Waals surface area contributed by atoms with Gasteiger partial charge in [0, 0.05) is 31.2 Å². The predicted molar refractivity (Wildman–Crippen MR) is 83.5 cm³/mol. The lowest BCUT2D eigenvalue weighted by atomic mass is 9.90. The van der Waals surface area contributed by atoms with Crippen LogP contribution in [-0.4, -0.2) is 36.1 Å². The van der Waals surface area contributed by atoms with Gasteiger partial charge in [0.15, 0.2) is 0 Å². The van der Waals surface area contributed by atoms with Gasteiger partial charge in [-0.25, -0.2) is 0 Å². The van der Waals surface area contributed by atoms with Crippen molar-refractivity contribution in [3.63, 3.8) is 0 Å². The fourth-order valence-electron chi connectivity index (χ4n) is 4.02. The number of piperazine rings is 1. The van der Waals surface area contributed by atoms with Gasteiger partial charge in [-0.1, -0.05) is 41.0 Å². The van der Waals surface area contributed by atoms with Crippen molar-refractivity contribution in [3.05, 3.63) is 0 Å². The van der Waals surface area contributed by atoms with E-state index in [4.69, 9.17) is 0 Å². The highest BCUT2D eigenvalue weighted by Crippen LogP contribution is 2.40. The van der Waals surface area contributed by atoms with Crippen molar-refractivity contribution in [2.24, 2.45) is 11.3 Å². The van der Waals surface area contributed by atoms with Gasteiger partial charge in [0.1, 0.15) is 0 Å². The first kappa shape index (κ1) is 15.3. The molecule has 1 heterocycles. The van der Waals surface area contributed by atoms with E-state index in [-0.39, 0.29) is 0 Å². The monoisotopic (exact) mass is 266 g/mol. The normalized spacial score (nSPS) is 37.4. The van der Waals surface area contributed by atoms with E-state index in [2.05, 4.69) is 44.8 Å². The number of hydrogen-bond donors (Lipinski definition) is 1. The molecule has 0 bridgehead atoms. The minimum atomic E-state index is 0.569. The van der Waals surface area contributed by atoms with Gasteiger partial charge in [-0.3, -0.25) is 4.90 Å². The standard InChI is InChI=1S/C17H34N2/c1-6-13(3)16-12-19(14(7-2)11-18-16)15-8-9-17(4,5)10-15/h13-16,18H,6-12H2,1-5H3. The molecule has 2 rings (SSSR count). The second kappa shape index (κ2) is 6.13. The lowest BCUT2D eigenvalue weighted by molar-refractivity contribution is 0.0621. The summed E-state index contributed by atoms with van der Waals surface area (Å²) in [6.45, 7) is 14.4. The predicted octanol–water partition coefficient (Wildman–Crippen LogP) is 3.66. The molecule has 0 amide bonds. The zero-order chi connectivity index (χ0) is 14.0. The molecule has 4 unspecified atom stereocenters. The van der Waals surface area contributed by atoms with Crippen LogP contribution >= 0.6 is 0 Å². The maximum atomic E-state index is 3.80. The molecule has 0 spiro atoms. The Bertz CT molecular complexity index is 287. The molecule has 112 valence electrons. The first-order valence-corrected chi connectivity index (χ1v) is 8.46. The first-order valence-electron chi connectivity index (χ1n) is 8.46. The molecular formula is C17H34N2. The maximum Gasteiger partial charge on any atom is 0.0221 e. The van der Waals surface area contributed by atoms with Gasteiger partial charge in [-0.2, -0.15) is 0 Å². The Hall–Kier alpha value is -0.0800. The minimum absolute atomic E-state index is 0.569. The Morgan fingerprint density at radius 1 is 1.32 bits per heavy atom. The highest BCUT2D eigenvalue weighted by Gasteiger charge is 2.39. The molecule has 2 nitrogen and oxygen atoms in total.